The topological polar surface area (TPSA) is 57.9 Å². The van der Waals surface area contributed by atoms with Crippen LogP contribution < -0.4 is 5.73 Å². The number of H-pyrrole nitrogens is 1. The standard InChI is InChI=1S/C15H20N4/c16-14-5-1-3-12(9-14)10-19-8-2-4-13(11-19)15-17-6-7-18-15/h1,3,5-7,9,13H,2,4,8,10-11,16H2,(H,17,18). The van der Waals surface area contributed by atoms with Crippen molar-refractivity contribution >= 4 is 5.69 Å². The lowest BCUT2D eigenvalue weighted by Gasteiger charge is -2.31. The van der Waals surface area contributed by atoms with Crippen molar-refractivity contribution in [2.45, 2.75) is 25.3 Å². The van der Waals surface area contributed by atoms with Crippen LogP contribution in [0.3, 0.4) is 0 Å². The molecule has 0 aliphatic carbocycles. The fourth-order valence-corrected chi connectivity index (χ4v) is 2.87. The third kappa shape index (κ3) is 2.96. The lowest BCUT2D eigenvalue weighted by atomic mass is 9.97. The van der Waals surface area contributed by atoms with E-state index in [1.165, 1.54) is 18.4 Å². The third-order valence-corrected chi connectivity index (χ3v) is 3.77. The molecule has 0 radical (unpaired) electrons. The van der Waals surface area contributed by atoms with Gasteiger partial charge in [-0.1, -0.05) is 12.1 Å². The zero-order valence-electron chi connectivity index (χ0n) is 11.0. The Balaban J connectivity index is 1.65. The molecule has 2 heterocycles. The van der Waals surface area contributed by atoms with Crippen LogP contribution in [0.15, 0.2) is 36.7 Å². The number of nitrogen functional groups attached to an aromatic ring is 1. The normalized spacial score (nSPS) is 20.5. The van der Waals surface area contributed by atoms with E-state index in [1.54, 1.807) is 0 Å². The number of nitrogens with two attached hydrogens (primary N) is 1. The molecule has 1 aromatic heterocycles. The van der Waals surface area contributed by atoms with Crippen molar-refractivity contribution in [1.29, 1.82) is 0 Å². The van der Waals surface area contributed by atoms with Gasteiger partial charge in [-0.05, 0) is 37.1 Å². The van der Waals surface area contributed by atoms with Gasteiger partial charge in [0, 0.05) is 37.1 Å². The van der Waals surface area contributed by atoms with Gasteiger partial charge in [0.25, 0.3) is 0 Å². The molecule has 0 bridgehead atoms. The number of anilines is 1. The molecule has 0 spiro atoms. The average Bonchev–Trinajstić information content (AvgIpc) is 2.93. The van der Waals surface area contributed by atoms with Crippen LogP contribution in [0, 0.1) is 0 Å². The summed E-state index contributed by atoms with van der Waals surface area (Å²) in [7, 11) is 0. The zero-order valence-corrected chi connectivity index (χ0v) is 11.0. The number of rotatable bonds is 3. The number of hydrogen-bond acceptors (Lipinski definition) is 3. The Morgan fingerprint density at radius 3 is 3.16 bits per heavy atom. The monoisotopic (exact) mass is 256 g/mol. The summed E-state index contributed by atoms with van der Waals surface area (Å²) in [4.78, 5) is 10.1. The fourth-order valence-electron chi connectivity index (χ4n) is 2.87. The molecule has 3 rings (SSSR count). The van der Waals surface area contributed by atoms with Crippen molar-refractivity contribution in [2.24, 2.45) is 0 Å². The summed E-state index contributed by atoms with van der Waals surface area (Å²) in [5.41, 5.74) is 7.97. The Morgan fingerprint density at radius 2 is 2.37 bits per heavy atom. The minimum atomic E-state index is 0.532. The lowest BCUT2D eigenvalue weighted by Crippen LogP contribution is -2.34. The van der Waals surface area contributed by atoms with Gasteiger partial charge in [0.05, 0.1) is 0 Å². The minimum absolute atomic E-state index is 0.532. The van der Waals surface area contributed by atoms with Crippen molar-refractivity contribution in [3.8, 4) is 0 Å². The SMILES string of the molecule is Nc1cccc(CN2CCCC(c3ncc[nH]3)C2)c1. The molecular formula is C15H20N4. The van der Waals surface area contributed by atoms with Gasteiger partial charge in [-0.3, -0.25) is 4.90 Å². The Hall–Kier alpha value is -1.81. The zero-order chi connectivity index (χ0) is 13.1. The summed E-state index contributed by atoms with van der Waals surface area (Å²) in [6.45, 7) is 3.20. The van der Waals surface area contributed by atoms with E-state index in [0.717, 1.165) is 31.1 Å². The maximum atomic E-state index is 5.83. The highest BCUT2D eigenvalue weighted by Crippen LogP contribution is 2.25. The van der Waals surface area contributed by atoms with Crippen molar-refractivity contribution in [1.82, 2.24) is 14.9 Å². The maximum absolute atomic E-state index is 5.83. The quantitative estimate of drug-likeness (QED) is 0.829. The van der Waals surface area contributed by atoms with Gasteiger partial charge in [-0.15, -0.1) is 0 Å². The first-order valence-electron chi connectivity index (χ1n) is 6.87. The molecule has 3 N–H and O–H groups in total. The number of hydrogen-bond donors (Lipinski definition) is 2. The Kier molecular flexibility index (Phi) is 3.51. The summed E-state index contributed by atoms with van der Waals surface area (Å²) in [5.74, 6) is 1.65. The number of nitrogens with zero attached hydrogens (tertiary/aromatic N) is 2. The summed E-state index contributed by atoms with van der Waals surface area (Å²) in [5, 5.41) is 0. The average molecular weight is 256 g/mol. The molecule has 1 fully saturated rings. The van der Waals surface area contributed by atoms with E-state index in [4.69, 9.17) is 5.73 Å². The van der Waals surface area contributed by atoms with Gasteiger partial charge in [-0.2, -0.15) is 0 Å². The molecule has 0 saturated carbocycles. The second kappa shape index (κ2) is 5.45. The van der Waals surface area contributed by atoms with E-state index in [0.29, 0.717) is 5.92 Å². The van der Waals surface area contributed by atoms with E-state index in [9.17, 15) is 0 Å². The molecule has 0 amide bonds. The van der Waals surface area contributed by atoms with Gasteiger partial charge in [0.2, 0.25) is 0 Å². The first-order valence-corrected chi connectivity index (χ1v) is 6.87. The molecule has 2 aromatic rings. The number of aromatic amines is 1. The molecule has 1 atom stereocenters. The predicted octanol–water partition coefficient (Wildman–Crippen LogP) is 2.37. The van der Waals surface area contributed by atoms with E-state index in [2.05, 4.69) is 27.0 Å². The first-order chi connectivity index (χ1) is 9.31. The summed E-state index contributed by atoms with van der Waals surface area (Å²) >= 11 is 0. The van der Waals surface area contributed by atoms with Gasteiger partial charge in [0.15, 0.2) is 0 Å². The Morgan fingerprint density at radius 1 is 1.42 bits per heavy atom. The number of likely N-dealkylation sites (tertiary alicyclic amines) is 1. The van der Waals surface area contributed by atoms with E-state index < -0.39 is 0 Å². The smallest absolute Gasteiger partial charge is 0.110 e. The highest BCUT2D eigenvalue weighted by Gasteiger charge is 2.22. The van der Waals surface area contributed by atoms with Crippen LogP contribution in [0.4, 0.5) is 5.69 Å². The van der Waals surface area contributed by atoms with E-state index >= 15 is 0 Å². The van der Waals surface area contributed by atoms with Crippen LogP contribution in [0.1, 0.15) is 30.1 Å². The Labute approximate surface area is 113 Å². The largest absolute Gasteiger partial charge is 0.399 e. The second-order valence-electron chi connectivity index (χ2n) is 5.29. The van der Waals surface area contributed by atoms with Crippen molar-refractivity contribution in [3.63, 3.8) is 0 Å². The molecule has 4 heteroatoms. The van der Waals surface area contributed by atoms with E-state index in [-0.39, 0.29) is 0 Å². The second-order valence-corrected chi connectivity index (χ2v) is 5.29. The van der Waals surface area contributed by atoms with Crippen LogP contribution in [-0.4, -0.2) is 28.0 Å². The van der Waals surface area contributed by atoms with Crippen LogP contribution in [0.2, 0.25) is 0 Å². The molecule has 1 saturated heterocycles. The molecule has 4 nitrogen and oxygen atoms in total. The molecule has 1 aliphatic heterocycles. The number of aromatic nitrogens is 2. The third-order valence-electron chi connectivity index (χ3n) is 3.77. The summed E-state index contributed by atoms with van der Waals surface area (Å²) < 4.78 is 0. The van der Waals surface area contributed by atoms with E-state index in [1.807, 2.05) is 24.5 Å². The lowest BCUT2D eigenvalue weighted by molar-refractivity contribution is 0.197. The minimum Gasteiger partial charge on any atom is -0.399 e. The summed E-state index contributed by atoms with van der Waals surface area (Å²) in [6, 6.07) is 8.17. The van der Waals surface area contributed by atoms with Crippen LogP contribution in [0.5, 0.6) is 0 Å². The number of benzene rings is 1. The van der Waals surface area contributed by atoms with Crippen LogP contribution in [0.25, 0.3) is 0 Å². The van der Waals surface area contributed by atoms with Gasteiger partial charge < -0.3 is 10.7 Å². The van der Waals surface area contributed by atoms with Gasteiger partial charge in [0.1, 0.15) is 5.82 Å². The predicted molar refractivity (Wildman–Crippen MR) is 76.7 cm³/mol. The van der Waals surface area contributed by atoms with Crippen LogP contribution in [-0.2, 0) is 6.54 Å². The van der Waals surface area contributed by atoms with Crippen molar-refractivity contribution in [2.75, 3.05) is 18.8 Å². The molecule has 1 unspecified atom stereocenters. The number of piperidine rings is 1. The van der Waals surface area contributed by atoms with Gasteiger partial charge in [-0.25, -0.2) is 4.98 Å². The highest BCUT2D eigenvalue weighted by atomic mass is 15.1. The van der Waals surface area contributed by atoms with Gasteiger partial charge >= 0.3 is 0 Å². The number of nitrogens with one attached hydrogen (secondary N) is 1. The van der Waals surface area contributed by atoms with Crippen molar-refractivity contribution in [3.05, 3.63) is 48.0 Å². The maximum Gasteiger partial charge on any atom is 0.110 e. The highest BCUT2D eigenvalue weighted by molar-refractivity contribution is 5.40. The fraction of sp³-hybridized carbons (Fsp3) is 0.400. The Bertz CT molecular complexity index is 521. The molecular weight excluding hydrogens is 236 g/mol. The van der Waals surface area contributed by atoms with Crippen molar-refractivity contribution < 1.29 is 0 Å². The molecule has 1 aliphatic rings. The number of imidazole rings is 1. The van der Waals surface area contributed by atoms with Crippen LogP contribution >= 0.6 is 0 Å². The first kappa shape index (κ1) is 12.2. The molecule has 1 aromatic carbocycles. The molecule has 100 valence electrons. The molecule has 19 heavy (non-hydrogen) atoms. The summed E-state index contributed by atoms with van der Waals surface area (Å²) in [6.07, 6.45) is 6.20.